The van der Waals surface area contributed by atoms with Crippen LogP contribution in [0.1, 0.15) is 58.6 Å². The highest BCUT2D eigenvalue weighted by atomic mass is 16.6. The molecule has 2 heterocycles. The summed E-state index contributed by atoms with van der Waals surface area (Å²) in [7, 11) is 0. The highest BCUT2D eigenvalue weighted by Gasteiger charge is 2.27. The Morgan fingerprint density at radius 1 is 0.950 bits per heavy atom. The number of fused-ring (bicyclic) bond motifs is 2. The van der Waals surface area contributed by atoms with Crippen molar-refractivity contribution in [2.45, 2.75) is 72.0 Å². The van der Waals surface area contributed by atoms with E-state index >= 15 is 0 Å². The third kappa shape index (κ3) is 8.35. The van der Waals surface area contributed by atoms with Crippen LogP contribution in [0, 0.1) is 0 Å². The van der Waals surface area contributed by atoms with Gasteiger partial charge in [0.25, 0.3) is 0 Å². The van der Waals surface area contributed by atoms with Gasteiger partial charge in [0, 0.05) is 48.9 Å². The fourth-order valence-electron chi connectivity index (χ4n) is 4.66. The average Bonchev–Trinajstić information content (AvgIpc) is 3.35. The van der Waals surface area contributed by atoms with Gasteiger partial charge in [0.2, 0.25) is 11.8 Å². The number of aliphatic hydroxyl groups is 1. The number of hydrogen-bond donors (Lipinski definition) is 4. The van der Waals surface area contributed by atoms with Gasteiger partial charge in [-0.2, -0.15) is 0 Å². The van der Waals surface area contributed by atoms with Crippen LogP contribution in [0.2, 0.25) is 0 Å². The summed E-state index contributed by atoms with van der Waals surface area (Å²) < 4.78 is 5.12. The van der Waals surface area contributed by atoms with Crippen molar-refractivity contribution in [3.63, 3.8) is 0 Å². The number of benzene rings is 2. The number of carbonyl (C=O) groups is 3. The standard InChI is InChI=1S/C19H29N3O4.C11H14N2O/c1-5-8-22-16-7-6-14(9-13(16)10-17(22)24)20-11-15(23)12-21-18(25)26-19(2,3)4;1-2-5-13-10-4-3-9(12)6-8(10)7-11(13)14/h6-7,9,15,20,23H,5,8,10-12H2,1-4H3,(H,21,25);3-4,6H,2,5,7,12H2,1H3/t15-;/m1./s1. The first-order valence-corrected chi connectivity index (χ1v) is 13.9. The lowest BCUT2D eigenvalue weighted by Gasteiger charge is -2.21. The van der Waals surface area contributed by atoms with Gasteiger partial charge in [0.15, 0.2) is 0 Å². The highest BCUT2D eigenvalue weighted by molar-refractivity contribution is 6.02. The molecule has 0 fully saturated rings. The van der Waals surface area contributed by atoms with E-state index in [9.17, 15) is 19.5 Å². The van der Waals surface area contributed by atoms with E-state index in [1.807, 2.05) is 53.1 Å². The van der Waals surface area contributed by atoms with Gasteiger partial charge in [-0.25, -0.2) is 4.79 Å². The molecule has 218 valence electrons. The first-order valence-electron chi connectivity index (χ1n) is 13.9. The number of anilines is 4. The van der Waals surface area contributed by atoms with Crippen LogP contribution in [0.15, 0.2) is 36.4 Å². The van der Waals surface area contributed by atoms with E-state index in [-0.39, 0.29) is 24.9 Å². The van der Waals surface area contributed by atoms with Gasteiger partial charge in [-0.15, -0.1) is 0 Å². The first-order chi connectivity index (χ1) is 18.9. The molecule has 0 aromatic heterocycles. The Morgan fingerprint density at radius 2 is 1.50 bits per heavy atom. The van der Waals surface area contributed by atoms with Crippen LogP contribution in [0.4, 0.5) is 27.5 Å². The molecule has 10 nitrogen and oxygen atoms in total. The molecule has 0 unspecified atom stereocenters. The van der Waals surface area contributed by atoms with E-state index in [4.69, 9.17) is 10.5 Å². The summed E-state index contributed by atoms with van der Waals surface area (Å²) in [6, 6.07) is 11.4. The summed E-state index contributed by atoms with van der Waals surface area (Å²) >= 11 is 0. The van der Waals surface area contributed by atoms with Crippen LogP contribution in [0.5, 0.6) is 0 Å². The normalized spacial score (nSPS) is 14.8. The maximum atomic E-state index is 12.1. The predicted octanol–water partition coefficient (Wildman–Crippen LogP) is 3.85. The van der Waals surface area contributed by atoms with Gasteiger partial charge >= 0.3 is 6.09 Å². The van der Waals surface area contributed by atoms with Gasteiger partial charge in [-0.05, 0) is 81.1 Å². The van der Waals surface area contributed by atoms with Crippen molar-refractivity contribution in [1.82, 2.24) is 5.32 Å². The van der Waals surface area contributed by atoms with E-state index in [2.05, 4.69) is 17.6 Å². The molecule has 5 N–H and O–H groups in total. The SMILES string of the molecule is CCCN1C(=O)Cc2cc(N)ccc21.CCCN1C(=O)Cc2cc(NC[C@@H](O)CNC(=O)OC(C)(C)C)ccc21. The van der Waals surface area contributed by atoms with Gasteiger partial charge in [0.05, 0.1) is 18.9 Å². The van der Waals surface area contributed by atoms with Crippen molar-refractivity contribution >= 4 is 40.7 Å². The molecule has 0 saturated carbocycles. The lowest BCUT2D eigenvalue weighted by Crippen LogP contribution is -2.39. The monoisotopic (exact) mass is 553 g/mol. The Hall–Kier alpha value is -3.79. The van der Waals surface area contributed by atoms with E-state index in [0.29, 0.717) is 12.8 Å². The molecule has 2 aromatic rings. The zero-order valence-corrected chi connectivity index (χ0v) is 24.3. The fraction of sp³-hybridized carbons (Fsp3) is 0.500. The number of nitrogens with one attached hydrogen (secondary N) is 2. The van der Waals surface area contributed by atoms with Crippen LogP contribution >= 0.6 is 0 Å². The molecule has 3 amide bonds. The maximum Gasteiger partial charge on any atom is 0.407 e. The Morgan fingerprint density at radius 3 is 2.05 bits per heavy atom. The van der Waals surface area contributed by atoms with Gasteiger partial charge in [-0.1, -0.05) is 13.8 Å². The predicted molar refractivity (Wildman–Crippen MR) is 159 cm³/mol. The molecule has 0 aliphatic carbocycles. The molecule has 0 radical (unpaired) electrons. The summed E-state index contributed by atoms with van der Waals surface area (Å²) in [5, 5.41) is 15.7. The molecule has 40 heavy (non-hydrogen) atoms. The molecular formula is C30H43N5O5. The maximum absolute atomic E-state index is 12.1. The Kier molecular flexibility index (Phi) is 10.4. The fourth-order valence-corrected chi connectivity index (χ4v) is 4.66. The lowest BCUT2D eigenvalue weighted by molar-refractivity contribution is -0.118. The minimum Gasteiger partial charge on any atom is -0.444 e. The molecule has 0 bridgehead atoms. The van der Waals surface area contributed by atoms with Crippen LogP contribution in [0.25, 0.3) is 0 Å². The number of nitrogens with two attached hydrogens (primary N) is 1. The number of hydrogen-bond acceptors (Lipinski definition) is 7. The van der Waals surface area contributed by atoms with Gasteiger partial charge in [0.1, 0.15) is 5.60 Å². The molecule has 10 heteroatoms. The minimum atomic E-state index is -0.756. The van der Waals surface area contributed by atoms with Gasteiger partial charge in [-0.3, -0.25) is 9.59 Å². The topological polar surface area (TPSA) is 137 Å². The minimum absolute atomic E-state index is 0.0929. The van der Waals surface area contributed by atoms with Crippen molar-refractivity contribution < 1.29 is 24.2 Å². The Balaban J connectivity index is 0.000000263. The number of nitrogen functional groups attached to an aromatic ring is 1. The zero-order chi connectivity index (χ0) is 29.4. The molecular weight excluding hydrogens is 510 g/mol. The number of ether oxygens (including phenoxy) is 1. The molecule has 0 spiro atoms. The van der Waals surface area contributed by atoms with Crippen molar-refractivity contribution in [2.75, 3.05) is 47.0 Å². The summed E-state index contributed by atoms with van der Waals surface area (Å²) in [5.74, 6) is 0.313. The van der Waals surface area contributed by atoms with Crippen LogP contribution in [-0.4, -0.2) is 60.9 Å². The Labute approximate surface area is 236 Å². The van der Waals surface area contributed by atoms with Crippen LogP contribution < -0.4 is 26.2 Å². The van der Waals surface area contributed by atoms with E-state index in [1.54, 1.807) is 20.8 Å². The molecule has 1 atom stereocenters. The summed E-state index contributed by atoms with van der Waals surface area (Å²) in [4.78, 5) is 38.9. The molecule has 0 saturated heterocycles. The van der Waals surface area contributed by atoms with E-state index < -0.39 is 17.8 Å². The highest BCUT2D eigenvalue weighted by Crippen LogP contribution is 2.32. The molecule has 2 aliphatic rings. The van der Waals surface area contributed by atoms with Crippen molar-refractivity contribution in [2.24, 2.45) is 0 Å². The smallest absolute Gasteiger partial charge is 0.407 e. The largest absolute Gasteiger partial charge is 0.444 e. The second kappa shape index (κ2) is 13.5. The summed E-state index contributed by atoms with van der Waals surface area (Å²) in [6.07, 6.45) is 1.50. The average molecular weight is 554 g/mol. The molecule has 4 rings (SSSR count). The summed E-state index contributed by atoms with van der Waals surface area (Å²) in [5.41, 5.74) is 10.7. The Bertz CT molecular complexity index is 1210. The first kappa shape index (κ1) is 30.7. The number of amides is 3. The third-order valence-electron chi connectivity index (χ3n) is 6.37. The van der Waals surface area contributed by atoms with Crippen LogP contribution in [-0.2, 0) is 27.2 Å². The molecule has 2 aliphatic heterocycles. The quantitative estimate of drug-likeness (QED) is 0.346. The van der Waals surface area contributed by atoms with Gasteiger partial charge < -0.3 is 36.0 Å². The number of alkyl carbamates (subject to hydrolysis) is 1. The summed E-state index contributed by atoms with van der Waals surface area (Å²) in [6.45, 7) is 11.4. The number of aliphatic hydroxyl groups excluding tert-OH is 1. The molecule has 2 aromatic carbocycles. The van der Waals surface area contributed by atoms with E-state index in [1.165, 1.54) is 0 Å². The van der Waals surface area contributed by atoms with Crippen molar-refractivity contribution in [3.8, 4) is 0 Å². The zero-order valence-electron chi connectivity index (χ0n) is 24.3. The number of rotatable bonds is 9. The number of nitrogens with zero attached hydrogens (tertiary/aromatic N) is 2. The second-order valence-corrected chi connectivity index (χ2v) is 11.1. The third-order valence-corrected chi connectivity index (χ3v) is 6.37. The second-order valence-electron chi connectivity index (χ2n) is 11.1. The van der Waals surface area contributed by atoms with Crippen LogP contribution in [0.3, 0.4) is 0 Å². The lowest BCUT2D eigenvalue weighted by atomic mass is 10.1. The number of carbonyl (C=O) groups excluding carboxylic acids is 3. The van der Waals surface area contributed by atoms with Crippen molar-refractivity contribution in [3.05, 3.63) is 47.5 Å². The van der Waals surface area contributed by atoms with Crippen molar-refractivity contribution in [1.29, 1.82) is 0 Å². The van der Waals surface area contributed by atoms with E-state index in [0.717, 1.165) is 59.8 Å².